The van der Waals surface area contributed by atoms with Gasteiger partial charge in [-0.2, -0.15) is 0 Å². The van der Waals surface area contributed by atoms with Crippen LogP contribution in [0.3, 0.4) is 0 Å². The lowest BCUT2D eigenvalue weighted by Gasteiger charge is -2.01. The highest BCUT2D eigenvalue weighted by atomic mass is 32.1. The van der Waals surface area contributed by atoms with Crippen molar-refractivity contribution in [2.75, 3.05) is 13.2 Å². The molecule has 0 aromatic carbocycles. The monoisotopic (exact) mass is 194 g/mol. The largest absolute Gasteiger partial charge is 0.389 e. The average molecular weight is 194 g/mol. The molecular formula is C10H10O2S. The van der Waals surface area contributed by atoms with Crippen molar-refractivity contribution in [3.05, 3.63) is 22.4 Å². The fourth-order valence-electron chi connectivity index (χ4n) is 1.19. The third-order valence-corrected chi connectivity index (χ3v) is 2.74. The van der Waals surface area contributed by atoms with Gasteiger partial charge in [-0.15, -0.1) is 11.3 Å². The molecule has 3 heteroatoms. The van der Waals surface area contributed by atoms with E-state index in [0.717, 1.165) is 4.88 Å². The van der Waals surface area contributed by atoms with Crippen molar-refractivity contribution in [2.45, 2.75) is 6.10 Å². The van der Waals surface area contributed by atoms with Crippen molar-refractivity contribution in [1.82, 2.24) is 0 Å². The third kappa shape index (κ3) is 2.10. The van der Waals surface area contributed by atoms with E-state index in [9.17, 15) is 5.11 Å². The first-order valence-electron chi connectivity index (χ1n) is 4.17. The van der Waals surface area contributed by atoms with Crippen LogP contribution in [0.15, 0.2) is 17.5 Å². The fourth-order valence-corrected chi connectivity index (χ4v) is 1.77. The molecule has 0 saturated carbocycles. The van der Waals surface area contributed by atoms with Crippen LogP contribution in [0.1, 0.15) is 4.88 Å². The van der Waals surface area contributed by atoms with E-state index in [1.54, 1.807) is 11.3 Å². The zero-order valence-electron chi connectivity index (χ0n) is 7.06. The Morgan fingerprint density at radius 2 is 2.46 bits per heavy atom. The number of aliphatic hydroxyl groups is 1. The first-order valence-corrected chi connectivity index (χ1v) is 5.05. The topological polar surface area (TPSA) is 29.5 Å². The molecule has 1 N–H and O–H groups in total. The Bertz CT molecular complexity index is 320. The van der Waals surface area contributed by atoms with Gasteiger partial charge in [0.25, 0.3) is 0 Å². The SMILES string of the molecule is O[C@@H]1COC[C@H]1C#Cc1cccs1. The minimum atomic E-state index is -0.410. The second kappa shape index (κ2) is 3.93. The molecule has 2 nitrogen and oxygen atoms in total. The summed E-state index contributed by atoms with van der Waals surface area (Å²) in [5.74, 6) is 6.03. The van der Waals surface area contributed by atoms with Crippen LogP contribution >= 0.6 is 11.3 Å². The Morgan fingerprint density at radius 3 is 3.08 bits per heavy atom. The summed E-state index contributed by atoms with van der Waals surface area (Å²) in [5, 5.41) is 11.4. The summed E-state index contributed by atoms with van der Waals surface area (Å²) in [6.45, 7) is 0.976. The molecule has 1 aromatic rings. The molecule has 0 unspecified atom stereocenters. The van der Waals surface area contributed by atoms with Crippen molar-refractivity contribution >= 4 is 11.3 Å². The van der Waals surface area contributed by atoms with Crippen molar-refractivity contribution in [2.24, 2.45) is 5.92 Å². The number of ether oxygens (including phenoxy) is 1. The molecule has 13 heavy (non-hydrogen) atoms. The summed E-state index contributed by atoms with van der Waals surface area (Å²) in [4.78, 5) is 1.04. The van der Waals surface area contributed by atoms with Gasteiger partial charge in [-0.1, -0.05) is 17.9 Å². The molecular weight excluding hydrogens is 184 g/mol. The Hall–Kier alpha value is -0.820. The molecule has 2 atom stereocenters. The zero-order valence-corrected chi connectivity index (χ0v) is 7.88. The Labute approximate surface area is 81.2 Å². The van der Waals surface area contributed by atoms with Gasteiger partial charge in [0.2, 0.25) is 0 Å². The predicted molar refractivity (Wildman–Crippen MR) is 51.5 cm³/mol. The summed E-state index contributed by atoms with van der Waals surface area (Å²) < 4.78 is 5.09. The summed E-state index contributed by atoms with van der Waals surface area (Å²) >= 11 is 1.61. The van der Waals surface area contributed by atoms with E-state index in [1.165, 1.54) is 0 Å². The lowest BCUT2D eigenvalue weighted by molar-refractivity contribution is 0.123. The van der Waals surface area contributed by atoms with Crippen molar-refractivity contribution in [1.29, 1.82) is 0 Å². The minimum absolute atomic E-state index is 0.0119. The highest BCUT2D eigenvalue weighted by Gasteiger charge is 2.23. The normalized spacial score (nSPS) is 26.8. The molecule has 1 saturated heterocycles. The van der Waals surface area contributed by atoms with Crippen LogP contribution in [-0.2, 0) is 4.74 Å². The van der Waals surface area contributed by atoms with Crippen LogP contribution in [0.25, 0.3) is 0 Å². The second-order valence-corrected chi connectivity index (χ2v) is 3.91. The van der Waals surface area contributed by atoms with E-state index >= 15 is 0 Å². The fraction of sp³-hybridized carbons (Fsp3) is 0.400. The summed E-state index contributed by atoms with van der Waals surface area (Å²) in [6.07, 6.45) is -0.410. The van der Waals surface area contributed by atoms with Gasteiger partial charge >= 0.3 is 0 Å². The molecule has 1 aromatic heterocycles. The molecule has 0 aliphatic carbocycles. The van der Waals surface area contributed by atoms with Crippen LogP contribution in [0, 0.1) is 17.8 Å². The molecule has 0 bridgehead atoms. The summed E-state index contributed by atoms with van der Waals surface area (Å²) in [7, 11) is 0. The molecule has 1 aliphatic heterocycles. The Kier molecular flexibility index (Phi) is 2.65. The van der Waals surface area contributed by atoms with Crippen molar-refractivity contribution < 1.29 is 9.84 Å². The highest BCUT2D eigenvalue weighted by Crippen LogP contribution is 2.13. The summed E-state index contributed by atoms with van der Waals surface area (Å²) in [5.41, 5.74) is 0. The molecule has 1 aliphatic rings. The lowest BCUT2D eigenvalue weighted by atomic mass is 10.1. The van der Waals surface area contributed by atoms with Gasteiger partial charge in [-0.05, 0) is 11.4 Å². The molecule has 2 heterocycles. The van der Waals surface area contributed by atoms with Gasteiger partial charge in [0.05, 0.1) is 30.1 Å². The van der Waals surface area contributed by atoms with Crippen molar-refractivity contribution in [3.63, 3.8) is 0 Å². The van der Waals surface area contributed by atoms with Gasteiger partial charge in [-0.25, -0.2) is 0 Å². The maximum Gasteiger partial charge on any atom is 0.0933 e. The number of thiophene rings is 1. The Morgan fingerprint density at radius 1 is 1.54 bits per heavy atom. The van der Waals surface area contributed by atoms with Gasteiger partial charge in [-0.3, -0.25) is 0 Å². The zero-order chi connectivity index (χ0) is 9.10. The maximum absolute atomic E-state index is 9.39. The lowest BCUT2D eigenvalue weighted by Crippen LogP contribution is -2.15. The van der Waals surface area contributed by atoms with E-state index in [1.807, 2.05) is 17.5 Å². The third-order valence-electron chi connectivity index (χ3n) is 1.95. The number of hydrogen-bond donors (Lipinski definition) is 1. The van der Waals surface area contributed by atoms with Crippen LogP contribution in [0.5, 0.6) is 0 Å². The smallest absolute Gasteiger partial charge is 0.0933 e. The maximum atomic E-state index is 9.39. The van der Waals surface area contributed by atoms with Crippen LogP contribution in [0.4, 0.5) is 0 Å². The van der Waals surface area contributed by atoms with E-state index in [4.69, 9.17) is 4.74 Å². The van der Waals surface area contributed by atoms with E-state index in [2.05, 4.69) is 11.8 Å². The van der Waals surface area contributed by atoms with E-state index in [0.29, 0.717) is 13.2 Å². The van der Waals surface area contributed by atoms with Gasteiger partial charge in [0.15, 0.2) is 0 Å². The minimum Gasteiger partial charge on any atom is -0.389 e. The van der Waals surface area contributed by atoms with Crippen LogP contribution in [-0.4, -0.2) is 24.4 Å². The summed E-state index contributed by atoms with van der Waals surface area (Å²) in [6, 6.07) is 3.94. The predicted octanol–water partition coefficient (Wildman–Crippen LogP) is 1.11. The average Bonchev–Trinajstić information content (AvgIpc) is 2.72. The first kappa shape index (κ1) is 8.76. The standard InChI is InChI=1S/C10H10O2S/c11-10-7-12-6-8(10)3-4-9-2-1-5-13-9/h1-2,5,8,10-11H,6-7H2/t8-,10-/m1/s1. The van der Waals surface area contributed by atoms with Gasteiger partial charge < -0.3 is 9.84 Å². The highest BCUT2D eigenvalue weighted by molar-refractivity contribution is 7.10. The van der Waals surface area contributed by atoms with Crippen LogP contribution in [0.2, 0.25) is 0 Å². The van der Waals surface area contributed by atoms with Crippen molar-refractivity contribution in [3.8, 4) is 11.8 Å². The molecule has 1 fully saturated rings. The molecule has 0 spiro atoms. The molecule has 0 radical (unpaired) electrons. The number of rotatable bonds is 0. The molecule has 68 valence electrons. The molecule has 0 amide bonds. The van der Waals surface area contributed by atoms with Gasteiger partial charge in [0.1, 0.15) is 0 Å². The van der Waals surface area contributed by atoms with E-state index in [-0.39, 0.29) is 5.92 Å². The Balaban J connectivity index is 2.04. The molecule has 2 rings (SSSR count). The van der Waals surface area contributed by atoms with Gasteiger partial charge in [0, 0.05) is 0 Å². The quantitative estimate of drug-likeness (QED) is 0.627. The first-order chi connectivity index (χ1) is 6.36. The van der Waals surface area contributed by atoms with Crippen LogP contribution < -0.4 is 0 Å². The number of hydrogen-bond acceptors (Lipinski definition) is 3. The second-order valence-electron chi connectivity index (χ2n) is 2.96. The number of aliphatic hydroxyl groups excluding tert-OH is 1. The van der Waals surface area contributed by atoms with E-state index < -0.39 is 6.10 Å².